The lowest BCUT2D eigenvalue weighted by Gasteiger charge is -2.31. The van der Waals surface area contributed by atoms with E-state index in [1.807, 2.05) is 6.92 Å². The van der Waals surface area contributed by atoms with Crippen LogP contribution >= 0.6 is 0 Å². The first-order chi connectivity index (χ1) is 15.6. The highest BCUT2D eigenvalue weighted by Crippen LogP contribution is 2.19. The Hall–Kier alpha value is -3.76. The van der Waals surface area contributed by atoms with Crippen molar-refractivity contribution in [1.29, 1.82) is 0 Å². The molecule has 0 spiro atoms. The molecule has 0 unspecified atom stereocenters. The van der Waals surface area contributed by atoms with Crippen LogP contribution in [0.15, 0.2) is 35.4 Å². The average molecular weight is 439 g/mol. The molecule has 1 fully saturated rings. The number of imidazole rings is 1. The molecule has 0 radical (unpaired) electrons. The van der Waals surface area contributed by atoms with Crippen molar-refractivity contribution in [3.63, 3.8) is 0 Å². The molecule has 11 nitrogen and oxygen atoms in total. The molecule has 32 heavy (non-hydrogen) atoms. The molecule has 0 aromatic carbocycles. The molecule has 2 amide bonds. The quantitative estimate of drug-likeness (QED) is 0.619. The van der Waals surface area contributed by atoms with E-state index in [9.17, 15) is 9.59 Å². The zero-order valence-corrected chi connectivity index (χ0v) is 18.0. The predicted molar refractivity (Wildman–Crippen MR) is 113 cm³/mol. The molecule has 11 heteroatoms. The summed E-state index contributed by atoms with van der Waals surface area (Å²) in [7, 11) is 0. The van der Waals surface area contributed by atoms with E-state index in [1.54, 1.807) is 40.9 Å². The lowest BCUT2D eigenvalue weighted by Crippen LogP contribution is -2.46. The van der Waals surface area contributed by atoms with Gasteiger partial charge in [0, 0.05) is 43.5 Å². The summed E-state index contributed by atoms with van der Waals surface area (Å²) in [5.41, 5.74) is 1.02. The normalized spacial score (nSPS) is 14.4. The number of pyridine rings is 1. The highest BCUT2D eigenvalue weighted by molar-refractivity contribution is 5.92. The van der Waals surface area contributed by atoms with Gasteiger partial charge in [0.2, 0.25) is 0 Å². The lowest BCUT2D eigenvalue weighted by atomic mass is 10.1. The van der Waals surface area contributed by atoms with Gasteiger partial charge in [0.1, 0.15) is 17.8 Å². The molecule has 0 aliphatic carbocycles. The number of carbonyl (C=O) groups is 2. The molecular weight excluding hydrogens is 414 g/mol. The van der Waals surface area contributed by atoms with E-state index >= 15 is 0 Å². The van der Waals surface area contributed by atoms with E-state index in [0.29, 0.717) is 56.5 Å². The van der Waals surface area contributed by atoms with Gasteiger partial charge < -0.3 is 19.5 Å². The van der Waals surface area contributed by atoms with Gasteiger partial charge in [-0.2, -0.15) is 4.98 Å². The minimum atomic E-state index is -0.308. The lowest BCUT2D eigenvalue weighted by molar-refractivity contribution is 0.0857. The van der Waals surface area contributed by atoms with E-state index in [2.05, 4.69) is 25.4 Å². The molecule has 0 bridgehead atoms. The van der Waals surface area contributed by atoms with Crippen molar-refractivity contribution in [1.82, 2.24) is 34.9 Å². The Kier molecular flexibility index (Phi) is 6.43. The summed E-state index contributed by atoms with van der Waals surface area (Å²) in [6.45, 7) is 5.18. The third-order valence-corrected chi connectivity index (χ3v) is 5.21. The van der Waals surface area contributed by atoms with Crippen molar-refractivity contribution in [3.8, 4) is 17.3 Å². The standard InChI is InChI=1S/C21H25N7O4/c1-3-17-25-20(32-26-17)14-5-8-22-18(11-14)28-12-16(23-13-28)19(29)24-15-6-9-27(10-7-15)21(30)31-4-2/h5,8,11-13,15H,3-4,6-7,9-10H2,1-2H3,(H,24,29). The number of hydrogen-bond acceptors (Lipinski definition) is 8. The van der Waals surface area contributed by atoms with E-state index in [0.717, 1.165) is 5.56 Å². The van der Waals surface area contributed by atoms with Crippen molar-refractivity contribution < 1.29 is 18.8 Å². The molecule has 0 atom stereocenters. The fourth-order valence-corrected chi connectivity index (χ4v) is 3.45. The van der Waals surface area contributed by atoms with E-state index < -0.39 is 0 Å². The SMILES string of the molecule is CCOC(=O)N1CCC(NC(=O)c2cn(-c3cc(-c4nc(CC)no4)ccn3)cn2)CC1. The number of nitrogens with one attached hydrogen (secondary N) is 1. The van der Waals surface area contributed by atoms with Crippen molar-refractivity contribution in [3.05, 3.63) is 42.4 Å². The van der Waals surface area contributed by atoms with Crippen LogP contribution in [0.4, 0.5) is 4.79 Å². The van der Waals surface area contributed by atoms with Crippen LogP contribution in [-0.4, -0.2) is 67.3 Å². The second-order valence-electron chi connectivity index (χ2n) is 7.37. The van der Waals surface area contributed by atoms with Gasteiger partial charge in [0.15, 0.2) is 5.82 Å². The summed E-state index contributed by atoms with van der Waals surface area (Å²) in [6.07, 6.45) is 6.51. The molecule has 168 valence electrons. The number of nitrogens with zero attached hydrogens (tertiary/aromatic N) is 6. The minimum Gasteiger partial charge on any atom is -0.450 e. The largest absolute Gasteiger partial charge is 0.450 e. The molecule has 4 rings (SSSR count). The molecule has 4 heterocycles. The van der Waals surface area contributed by atoms with Gasteiger partial charge in [-0.05, 0) is 31.9 Å². The smallest absolute Gasteiger partial charge is 0.409 e. The Bertz CT molecular complexity index is 1090. The monoisotopic (exact) mass is 439 g/mol. The van der Waals surface area contributed by atoms with Crippen LogP contribution in [0.25, 0.3) is 17.3 Å². The second kappa shape index (κ2) is 9.58. The third-order valence-electron chi connectivity index (χ3n) is 5.21. The first-order valence-electron chi connectivity index (χ1n) is 10.6. The van der Waals surface area contributed by atoms with Gasteiger partial charge >= 0.3 is 6.09 Å². The van der Waals surface area contributed by atoms with Gasteiger partial charge in [-0.15, -0.1) is 0 Å². The number of piperidine rings is 1. The van der Waals surface area contributed by atoms with Crippen molar-refractivity contribution in [2.45, 2.75) is 39.2 Å². The number of aromatic nitrogens is 5. The summed E-state index contributed by atoms with van der Waals surface area (Å²) in [6, 6.07) is 3.55. The Balaban J connectivity index is 1.38. The molecule has 0 saturated carbocycles. The fraction of sp³-hybridized carbons (Fsp3) is 0.429. The summed E-state index contributed by atoms with van der Waals surface area (Å²) in [5.74, 6) is 1.36. The van der Waals surface area contributed by atoms with Crippen LogP contribution in [0.3, 0.4) is 0 Å². The maximum absolute atomic E-state index is 12.7. The highest BCUT2D eigenvalue weighted by atomic mass is 16.6. The summed E-state index contributed by atoms with van der Waals surface area (Å²) in [4.78, 5) is 39.0. The zero-order chi connectivity index (χ0) is 22.5. The predicted octanol–water partition coefficient (Wildman–Crippen LogP) is 2.23. The molecule has 1 N–H and O–H groups in total. The van der Waals surface area contributed by atoms with Crippen LogP contribution in [0.1, 0.15) is 43.0 Å². The van der Waals surface area contributed by atoms with Gasteiger partial charge in [-0.3, -0.25) is 9.36 Å². The topological polar surface area (TPSA) is 128 Å². The molecule has 1 aliphatic rings. The first-order valence-corrected chi connectivity index (χ1v) is 10.6. The fourth-order valence-electron chi connectivity index (χ4n) is 3.45. The van der Waals surface area contributed by atoms with E-state index in [1.165, 1.54) is 6.33 Å². The van der Waals surface area contributed by atoms with Gasteiger partial charge in [-0.1, -0.05) is 12.1 Å². The van der Waals surface area contributed by atoms with Crippen LogP contribution < -0.4 is 5.32 Å². The van der Waals surface area contributed by atoms with Crippen LogP contribution in [0.5, 0.6) is 0 Å². The number of likely N-dealkylation sites (tertiary alicyclic amines) is 1. The number of carbonyl (C=O) groups excluding carboxylic acids is 2. The Morgan fingerprint density at radius 2 is 2.06 bits per heavy atom. The Labute approximate surface area is 184 Å². The van der Waals surface area contributed by atoms with Gasteiger partial charge in [0.25, 0.3) is 11.8 Å². The molecular formula is C21H25N7O4. The molecule has 1 aliphatic heterocycles. The van der Waals surface area contributed by atoms with Crippen molar-refractivity contribution >= 4 is 12.0 Å². The number of amides is 2. The summed E-state index contributed by atoms with van der Waals surface area (Å²) in [5, 5.41) is 6.90. The number of ether oxygens (including phenoxy) is 1. The Morgan fingerprint density at radius 3 is 2.78 bits per heavy atom. The average Bonchev–Trinajstić information content (AvgIpc) is 3.50. The Morgan fingerprint density at radius 1 is 1.25 bits per heavy atom. The second-order valence-corrected chi connectivity index (χ2v) is 7.37. The minimum absolute atomic E-state index is 0.0231. The summed E-state index contributed by atoms with van der Waals surface area (Å²) < 4.78 is 12.0. The zero-order valence-electron chi connectivity index (χ0n) is 18.0. The van der Waals surface area contributed by atoms with E-state index in [-0.39, 0.29) is 23.7 Å². The number of aryl methyl sites for hydroxylation is 1. The van der Waals surface area contributed by atoms with Gasteiger partial charge in [-0.25, -0.2) is 14.8 Å². The maximum Gasteiger partial charge on any atom is 0.409 e. The van der Waals surface area contributed by atoms with Crippen LogP contribution in [0, 0.1) is 0 Å². The van der Waals surface area contributed by atoms with Crippen LogP contribution in [-0.2, 0) is 11.2 Å². The molecule has 3 aromatic rings. The molecule has 3 aromatic heterocycles. The first kappa shape index (κ1) is 21.5. The van der Waals surface area contributed by atoms with Crippen molar-refractivity contribution in [2.75, 3.05) is 19.7 Å². The van der Waals surface area contributed by atoms with Crippen LogP contribution in [0.2, 0.25) is 0 Å². The van der Waals surface area contributed by atoms with Gasteiger partial charge in [0.05, 0.1) is 6.61 Å². The highest BCUT2D eigenvalue weighted by Gasteiger charge is 2.25. The third kappa shape index (κ3) is 4.76. The number of rotatable bonds is 6. The molecule has 1 saturated heterocycles. The van der Waals surface area contributed by atoms with E-state index in [4.69, 9.17) is 9.26 Å². The van der Waals surface area contributed by atoms with Crippen molar-refractivity contribution in [2.24, 2.45) is 0 Å². The summed E-state index contributed by atoms with van der Waals surface area (Å²) >= 11 is 0. The number of hydrogen-bond donors (Lipinski definition) is 1. The maximum atomic E-state index is 12.7.